The molecule has 0 unspecified atom stereocenters. The minimum atomic E-state index is -0.436. The van der Waals surface area contributed by atoms with E-state index in [9.17, 15) is 4.39 Å². The summed E-state index contributed by atoms with van der Waals surface area (Å²) in [5.74, 6) is 1.46. The fourth-order valence-corrected chi connectivity index (χ4v) is 1.95. The molecule has 0 radical (unpaired) electrons. The third kappa shape index (κ3) is 3.27. The van der Waals surface area contributed by atoms with E-state index >= 15 is 0 Å². The van der Waals surface area contributed by atoms with E-state index in [1.165, 1.54) is 6.07 Å². The van der Waals surface area contributed by atoms with Gasteiger partial charge in [-0.15, -0.1) is 0 Å². The number of nitrogens with two attached hydrogens (primary N) is 1. The molecule has 0 bridgehead atoms. The van der Waals surface area contributed by atoms with Crippen LogP contribution in [0.2, 0.25) is 0 Å². The van der Waals surface area contributed by atoms with Crippen molar-refractivity contribution in [3.05, 3.63) is 53.8 Å². The van der Waals surface area contributed by atoms with Crippen molar-refractivity contribution >= 4 is 0 Å². The molecule has 2 N–H and O–H groups in total. The Kier molecular flexibility index (Phi) is 4.58. The Hall–Kier alpha value is -2.07. The van der Waals surface area contributed by atoms with Crippen LogP contribution in [0, 0.1) is 5.82 Å². The quantitative estimate of drug-likeness (QED) is 0.895. The molecule has 0 heterocycles. The van der Waals surface area contributed by atoms with E-state index in [1.807, 2.05) is 19.1 Å². The van der Waals surface area contributed by atoms with E-state index in [4.69, 9.17) is 15.2 Å². The highest BCUT2D eigenvalue weighted by atomic mass is 19.1. The van der Waals surface area contributed by atoms with Crippen molar-refractivity contribution < 1.29 is 13.9 Å². The van der Waals surface area contributed by atoms with Gasteiger partial charge < -0.3 is 15.2 Å². The zero-order valence-electron chi connectivity index (χ0n) is 11.6. The summed E-state index contributed by atoms with van der Waals surface area (Å²) in [6.45, 7) is 4.26. The summed E-state index contributed by atoms with van der Waals surface area (Å²) in [6, 6.07) is 11.4. The molecule has 3 nitrogen and oxygen atoms in total. The van der Waals surface area contributed by atoms with Crippen molar-refractivity contribution in [1.82, 2.24) is 0 Å². The van der Waals surface area contributed by atoms with Crippen molar-refractivity contribution in [1.29, 1.82) is 0 Å². The molecule has 0 aliphatic heterocycles. The smallest absolute Gasteiger partial charge is 0.135 e. The summed E-state index contributed by atoms with van der Waals surface area (Å²) in [6.07, 6.45) is 0. The van der Waals surface area contributed by atoms with E-state index in [0.717, 1.165) is 5.75 Å². The first-order chi connectivity index (χ1) is 9.61. The highest BCUT2D eigenvalue weighted by Crippen LogP contribution is 2.31. The fraction of sp³-hybridized carbons (Fsp3) is 0.250. The lowest BCUT2D eigenvalue weighted by Crippen LogP contribution is -2.09. The van der Waals surface area contributed by atoms with Crippen LogP contribution in [0.5, 0.6) is 17.2 Å². The second-order valence-corrected chi connectivity index (χ2v) is 4.45. The average molecular weight is 275 g/mol. The van der Waals surface area contributed by atoms with Gasteiger partial charge in [-0.25, -0.2) is 4.39 Å². The molecule has 106 valence electrons. The van der Waals surface area contributed by atoms with Gasteiger partial charge in [0.1, 0.15) is 23.1 Å². The van der Waals surface area contributed by atoms with Crippen LogP contribution in [-0.2, 0) is 0 Å². The lowest BCUT2D eigenvalue weighted by molar-refractivity contribution is 0.339. The number of hydrogen-bond acceptors (Lipinski definition) is 3. The van der Waals surface area contributed by atoms with E-state index < -0.39 is 6.04 Å². The molecule has 0 amide bonds. The molecular weight excluding hydrogens is 257 g/mol. The van der Waals surface area contributed by atoms with Crippen LogP contribution in [0.3, 0.4) is 0 Å². The molecule has 2 rings (SSSR count). The molecule has 0 aliphatic carbocycles. The summed E-state index contributed by atoms with van der Waals surface area (Å²) >= 11 is 0. The standard InChI is InChI=1S/C16H18FNO2/c1-3-19-12-7-9-13(10-8-12)20-15-6-4-5-14(17)16(15)11(2)18/h4-11H,3,18H2,1-2H3/t11-/m0/s1. The third-order valence-corrected chi connectivity index (χ3v) is 2.83. The topological polar surface area (TPSA) is 44.5 Å². The molecule has 0 aromatic heterocycles. The van der Waals surface area contributed by atoms with E-state index in [-0.39, 0.29) is 5.82 Å². The Morgan fingerprint density at radius 3 is 2.35 bits per heavy atom. The molecule has 0 saturated carbocycles. The lowest BCUT2D eigenvalue weighted by Gasteiger charge is -2.14. The summed E-state index contributed by atoms with van der Waals surface area (Å²) in [7, 11) is 0. The van der Waals surface area contributed by atoms with Crippen molar-refractivity contribution in [2.24, 2.45) is 5.73 Å². The molecule has 20 heavy (non-hydrogen) atoms. The lowest BCUT2D eigenvalue weighted by atomic mass is 10.1. The van der Waals surface area contributed by atoms with E-state index in [1.54, 1.807) is 31.2 Å². The Morgan fingerprint density at radius 2 is 1.75 bits per heavy atom. The van der Waals surface area contributed by atoms with Crippen molar-refractivity contribution in [2.45, 2.75) is 19.9 Å². The van der Waals surface area contributed by atoms with Crippen LogP contribution in [0.15, 0.2) is 42.5 Å². The number of ether oxygens (including phenoxy) is 2. The predicted octanol–water partition coefficient (Wildman–Crippen LogP) is 4.04. The second kappa shape index (κ2) is 6.39. The monoisotopic (exact) mass is 275 g/mol. The minimum absolute atomic E-state index is 0.358. The highest BCUT2D eigenvalue weighted by molar-refractivity contribution is 5.41. The van der Waals surface area contributed by atoms with Gasteiger partial charge in [0.2, 0.25) is 0 Å². The van der Waals surface area contributed by atoms with Gasteiger partial charge in [0.05, 0.1) is 6.61 Å². The normalized spacial score (nSPS) is 12.0. The van der Waals surface area contributed by atoms with Gasteiger partial charge in [0.15, 0.2) is 0 Å². The Morgan fingerprint density at radius 1 is 1.10 bits per heavy atom. The number of benzene rings is 2. The Bertz CT molecular complexity index is 567. The van der Waals surface area contributed by atoms with Gasteiger partial charge in [-0.3, -0.25) is 0 Å². The van der Waals surface area contributed by atoms with Crippen LogP contribution in [0.4, 0.5) is 4.39 Å². The fourth-order valence-electron chi connectivity index (χ4n) is 1.95. The van der Waals surface area contributed by atoms with Crippen LogP contribution < -0.4 is 15.2 Å². The summed E-state index contributed by atoms with van der Waals surface area (Å²) in [4.78, 5) is 0. The first kappa shape index (κ1) is 14.3. The van der Waals surface area contributed by atoms with Gasteiger partial charge in [0.25, 0.3) is 0 Å². The first-order valence-electron chi connectivity index (χ1n) is 6.56. The van der Waals surface area contributed by atoms with Gasteiger partial charge in [-0.2, -0.15) is 0 Å². The van der Waals surface area contributed by atoms with E-state index in [0.29, 0.717) is 23.7 Å². The molecule has 2 aromatic carbocycles. The predicted molar refractivity (Wildman–Crippen MR) is 76.7 cm³/mol. The van der Waals surface area contributed by atoms with Crippen molar-refractivity contribution in [3.8, 4) is 17.2 Å². The van der Waals surface area contributed by atoms with Crippen LogP contribution in [0.1, 0.15) is 25.5 Å². The summed E-state index contributed by atoms with van der Waals surface area (Å²) in [5, 5.41) is 0. The van der Waals surface area contributed by atoms with Crippen molar-refractivity contribution in [2.75, 3.05) is 6.61 Å². The zero-order chi connectivity index (χ0) is 14.5. The number of rotatable bonds is 5. The van der Waals surface area contributed by atoms with Crippen LogP contribution in [-0.4, -0.2) is 6.61 Å². The van der Waals surface area contributed by atoms with Gasteiger partial charge in [0, 0.05) is 11.6 Å². The van der Waals surface area contributed by atoms with Crippen LogP contribution >= 0.6 is 0 Å². The molecular formula is C16H18FNO2. The summed E-state index contributed by atoms with van der Waals surface area (Å²) < 4.78 is 24.9. The van der Waals surface area contributed by atoms with Crippen molar-refractivity contribution in [3.63, 3.8) is 0 Å². The molecule has 0 saturated heterocycles. The second-order valence-electron chi connectivity index (χ2n) is 4.45. The van der Waals surface area contributed by atoms with E-state index in [2.05, 4.69) is 0 Å². The molecule has 2 aromatic rings. The number of halogens is 1. The largest absolute Gasteiger partial charge is 0.494 e. The van der Waals surface area contributed by atoms with Crippen LogP contribution in [0.25, 0.3) is 0 Å². The maximum atomic E-state index is 13.8. The first-order valence-corrected chi connectivity index (χ1v) is 6.56. The van der Waals surface area contributed by atoms with Gasteiger partial charge >= 0.3 is 0 Å². The SMILES string of the molecule is CCOc1ccc(Oc2cccc(F)c2[C@H](C)N)cc1. The molecule has 1 atom stereocenters. The zero-order valence-corrected chi connectivity index (χ0v) is 11.6. The third-order valence-electron chi connectivity index (χ3n) is 2.83. The van der Waals surface area contributed by atoms with Gasteiger partial charge in [-0.1, -0.05) is 6.07 Å². The highest BCUT2D eigenvalue weighted by Gasteiger charge is 2.14. The minimum Gasteiger partial charge on any atom is -0.494 e. The molecule has 4 heteroatoms. The Labute approximate surface area is 118 Å². The molecule has 0 spiro atoms. The molecule has 0 fully saturated rings. The number of hydrogen-bond donors (Lipinski definition) is 1. The summed E-state index contributed by atoms with van der Waals surface area (Å²) in [5.41, 5.74) is 6.17. The molecule has 0 aliphatic rings. The maximum Gasteiger partial charge on any atom is 0.135 e. The maximum absolute atomic E-state index is 13.8. The Balaban J connectivity index is 2.23. The van der Waals surface area contributed by atoms with Gasteiger partial charge in [-0.05, 0) is 50.2 Å². The average Bonchev–Trinajstić information content (AvgIpc) is 2.41.